The molecule has 2 amide bonds. The lowest BCUT2D eigenvalue weighted by Crippen LogP contribution is -2.29. The minimum Gasteiger partial charge on any atom is -0.497 e. The summed E-state index contributed by atoms with van der Waals surface area (Å²) in [4.78, 5) is 25.5. The summed E-state index contributed by atoms with van der Waals surface area (Å²) in [7, 11) is 1.53. The van der Waals surface area contributed by atoms with Crippen LogP contribution >= 0.6 is 0 Å². The Labute approximate surface area is 114 Å². The second-order valence-electron chi connectivity index (χ2n) is 4.33. The van der Waals surface area contributed by atoms with Gasteiger partial charge in [0.1, 0.15) is 11.6 Å². The zero-order chi connectivity index (χ0) is 14.3. The van der Waals surface area contributed by atoms with Gasteiger partial charge in [0.15, 0.2) is 0 Å². The van der Waals surface area contributed by atoms with E-state index in [0.29, 0.717) is 11.4 Å². The van der Waals surface area contributed by atoms with Crippen molar-refractivity contribution in [1.29, 1.82) is 0 Å². The summed E-state index contributed by atoms with van der Waals surface area (Å²) in [6, 6.07) is 10.1. The summed E-state index contributed by atoms with van der Waals surface area (Å²) in [6.45, 7) is 0. The second kappa shape index (κ2) is 4.45. The average molecular weight is 271 g/mol. The van der Waals surface area contributed by atoms with Gasteiger partial charge in [0.25, 0.3) is 11.8 Å². The van der Waals surface area contributed by atoms with Gasteiger partial charge in [0.05, 0.1) is 23.9 Å². The first-order chi connectivity index (χ1) is 9.61. The van der Waals surface area contributed by atoms with E-state index in [1.165, 1.54) is 19.2 Å². The summed E-state index contributed by atoms with van der Waals surface area (Å²) in [6.07, 6.45) is 0. The van der Waals surface area contributed by atoms with Crippen LogP contribution in [0.3, 0.4) is 0 Å². The molecular weight excluding hydrogens is 261 g/mol. The van der Waals surface area contributed by atoms with Crippen molar-refractivity contribution in [2.45, 2.75) is 0 Å². The van der Waals surface area contributed by atoms with Crippen LogP contribution in [0, 0.1) is 5.82 Å². The topological polar surface area (TPSA) is 46.6 Å². The van der Waals surface area contributed by atoms with Gasteiger partial charge in [-0.1, -0.05) is 0 Å². The highest BCUT2D eigenvalue weighted by Crippen LogP contribution is 2.29. The van der Waals surface area contributed by atoms with Crippen molar-refractivity contribution in [2.75, 3.05) is 12.0 Å². The molecule has 0 spiro atoms. The molecule has 5 heteroatoms. The first kappa shape index (κ1) is 12.3. The fraction of sp³-hybridized carbons (Fsp3) is 0.0667. The summed E-state index contributed by atoms with van der Waals surface area (Å²) >= 11 is 0. The Bertz CT molecular complexity index is 710. The van der Waals surface area contributed by atoms with Gasteiger partial charge in [-0.15, -0.1) is 0 Å². The van der Waals surface area contributed by atoms with Gasteiger partial charge in [-0.05, 0) is 42.5 Å². The maximum absolute atomic E-state index is 13.2. The Morgan fingerprint density at radius 2 is 1.60 bits per heavy atom. The smallest absolute Gasteiger partial charge is 0.266 e. The van der Waals surface area contributed by atoms with Gasteiger partial charge in [0.2, 0.25) is 0 Å². The Morgan fingerprint density at radius 3 is 2.25 bits per heavy atom. The first-order valence-corrected chi connectivity index (χ1v) is 5.94. The number of carbonyl (C=O) groups is 2. The standard InChI is InChI=1S/C15H10FNO3/c1-20-11-5-3-10(4-6-11)17-14(18)12-7-2-9(16)8-13(12)15(17)19/h2-8H,1H3. The number of rotatable bonds is 2. The number of hydrogen-bond donors (Lipinski definition) is 0. The molecule has 0 fully saturated rings. The van der Waals surface area contributed by atoms with Gasteiger partial charge in [-0.25, -0.2) is 9.29 Å². The zero-order valence-corrected chi connectivity index (χ0v) is 10.6. The third-order valence-corrected chi connectivity index (χ3v) is 3.18. The number of carbonyl (C=O) groups excluding carboxylic acids is 2. The molecular formula is C15H10FNO3. The van der Waals surface area contributed by atoms with Gasteiger partial charge in [0, 0.05) is 0 Å². The van der Waals surface area contributed by atoms with E-state index in [1.54, 1.807) is 24.3 Å². The largest absolute Gasteiger partial charge is 0.497 e. The predicted molar refractivity (Wildman–Crippen MR) is 70.5 cm³/mol. The van der Waals surface area contributed by atoms with Crippen LogP contribution in [0.15, 0.2) is 42.5 Å². The lowest BCUT2D eigenvalue weighted by atomic mass is 10.1. The van der Waals surface area contributed by atoms with Crippen LogP contribution in [-0.2, 0) is 0 Å². The third kappa shape index (κ3) is 1.75. The lowest BCUT2D eigenvalue weighted by molar-refractivity contribution is 0.0926. The van der Waals surface area contributed by atoms with E-state index in [0.717, 1.165) is 11.0 Å². The van der Waals surface area contributed by atoms with E-state index < -0.39 is 17.6 Å². The van der Waals surface area contributed by atoms with Gasteiger partial charge >= 0.3 is 0 Å². The van der Waals surface area contributed by atoms with Crippen LogP contribution in [0.5, 0.6) is 5.75 Å². The van der Waals surface area contributed by atoms with E-state index in [2.05, 4.69) is 0 Å². The number of amides is 2. The molecule has 0 atom stereocenters. The Balaban J connectivity index is 2.04. The molecule has 0 aromatic heterocycles. The van der Waals surface area contributed by atoms with Crippen LogP contribution in [0.4, 0.5) is 10.1 Å². The average Bonchev–Trinajstić information content (AvgIpc) is 2.71. The minimum atomic E-state index is -0.540. The van der Waals surface area contributed by atoms with Crippen molar-refractivity contribution >= 4 is 17.5 Å². The summed E-state index contributed by atoms with van der Waals surface area (Å²) in [5.74, 6) is -0.886. The number of methoxy groups -OCH3 is 1. The Hall–Kier alpha value is -2.69. The molecule has 1 heterocycles. The van der Waals surface area contributed by atoms with Crippen LogP contribution in [0.1, 0.15) is 20.7 Å². The second-order valence-corrected chi connectivity index (χ2v) is 4.33. The summed E-state index contributed by atoms with van der Waals surface area (Å²) in [5, 5.41) is 0. The van der Waals surface area contributed by atoms with E-state index in [-0.39, 0.29) is 11.1 Å². The number of halogens is 1. The van der Waals surface area contributed by atoms with Crippen LogP contribution in [0.2, 0.25) is 0 Å². The molecule has 0 N–H and O–H groups in total. The lowest BCUT2D eigenvalue weighted by Gasteiger charge is -2.14. The van der Waals surface area contributed by atoms with Gasteiger partial charge in [-0.3, -0.25) is 9.59 Å². The van der Waals surface area contributed by atoms with E-state index in [4.69, 9.17) is 4.74 Å². The number of hydrogen-bond acceptors (Lipinski definition) is 3. The number of anilines is 1. The van der Waals surface area contributed by atoms with Gasteiger partial charge in [-0.2, -0.15) is 0 Å². The molecule has 0 unspecified atom stereocenters. The number of nitrogens with zero attached hydrogens (tertiary/aromatic N) is 1. The molecule has 3 rings (SSSR count). The van der Waals surface area contributed by atoms with E-state index in [9.17, 15) is 14.0 Å². The molecule has 0 saturated heterocycles. The SMILES string of the molecule is COc1ccc(N2C(=O)c3ccc(F)cc3C2=O)cc1. The zero-order valence-electron chi connectivity index (χ0n) is 10.6. The van der Waals surface area contributed by atoms with Crippen molar-refractivity contribution in [3.63, 3.8) is 0 Å². The molecule has 0 saturated carbocycles. The predicted octanol–water partition coefficient (Wildman–Crippen LogP) is 2.63. The molecule has 0 bridgehead atoms. The molecule has 20 heavy (non-hydrogen) atoms. The summed E-state index contributed by atoms with van der Waals surface area (Å²) in [5.41, 5.74) is 0.732. The molecule has 1 aliphatic rings. The molecule has 2 aromatic rings. The fourth-order valence-corrected chi connectivity index (χ4v) is 2.18. The number of benzene rings is 2. The summed E-state index contributed by atoms with van der Waals surface area (Å²) < 4.78 is 18.2. The highest BCUT2D eigenvalue weighted by molar-refractivity contribution is 6.34. The van der Waals surface area contributed by atoms with Crippen molar-refractivity contribution < 1.29 is 18.7 Å². The van der Waals surface area contributed by atoms with E-state index >= 15 is 0 Å². The van der Waals surface area contributed by atoms with E-state index in [1.807, 2.05) is 0 Å². The molecule has 0 aliphatic carbocycles. The maximum atomic E-state index is 13.2. The number of fused-ring (bicyclic) bond motifs is 1. The van der Waals surface area contributed by atoms with Crippen molar-refractivity contribution in [3.8, 4) is 5.75 Å². The normalized spacial score (nSPS) is 13.6. The van der Waals surface area contributed by atoms with Crippen LogP contribution in [0.25, 0.3) is 0 Å². The Morgan fingerprint density at radius 1 is 0.950 bits per heavy atom. The fourth-order valence-electron chi connectivity index (χ4n) is 2.18. The number of ether oxygens (including phenoxy) is 1. The molecule has 1 aliphatic heterocycles. The van der Waals surface area contributed by atoms with Crippen molar-refractivity contribution in [3.05, 3.63) is 59.4 Å². The van der Waals surface area contributed by atoms with Crippen LogP contribution in [-0.4, -0.2) is 18.9 Å². The molecule has 100 valence electrons. The van der Waals surface area contributed by atoms with Crippen LogP contribution < -0.4 is 9.64 Å². The molecule has 4 nitrogen and oxygen atoms in total. The van der Waals surface area contributed by atoms with Crippen molar-refractivity contribution in [1.82, 2.24) is 0 Å². The monoisotopic (exact) mass is 271 g/mol. The molecule has 2 aromatic carbocycles. The van der Waals surface area contributed by atoms with Gasteiger partial charge < -0.3 is 4.74 Å². The molecule has 0 radical (unpaired) electrons. The highest BCUT2D eigenvalue weighted by atomic mass is 19.1. The maximum Gasteiger partial charge on any atom is 0.266 e. The highest BCUT2D eigenvalue weighted by Gasteiger charge is 2.36. The quantitative estimate of drug-likeness (QED) is 0.789. The first-order valence-electron chi connectivity index (χ1n) is 5.94. The minimum absolute atomic E-state index is 0.0887. The van der Waals surface area contributed by atoms with Crippen molar-refractivity contribution in [2.24, 2.45) is 0 Å². The number of imide groups is 1. The Kier molecular flexibility index (Phi) is 2.75. The third-order valence-electron chi connectivity index (χ3n) is 3.18.